The van der Waals surface area contributed by atoms with Crippen LogP contribution in [-0.2, 0) is 11.2 Å². The molecular formula is C19H31NO. The molecule has 0 saturated carbocycles. The van der Waals surface area contributed by atoms with Crippen molar-refractivity contribution in [2.75, 3.05) is 6.54 Å². The normalized spacial score (nSPS) is 13.2. The summed E-state index contributed by atoms with van der Waals surface area (Å²) in [4.78, 5) is 12.2. The van der Waals surface area contributed by atoms with Crippen LogP contribution in [0.2, 0.25) is 0 Å². The molecule has 0 spiro atoms. The quantitative estimate of drug-likeness (QED) is 0.817. The van der Waals surface area contributed by atoms with Crippen molar-refractivity contribution < 1.29 is 4.79 Å². The number of benzene rings is 1. The Balaban J connectivity index is 2.54. The van der Waals surface area contributed by atoms with Crippen molar-refractivity contribution in [3.05, 3.63) is 34.9 Å². The van der Waals surface area contributed by atoms with E-state index >= 15 is 0 Å². The first-order chi connectivity index (χ1) is 9.74. The third-order valence-electron chi connectivity index (χ3n) is 4.48. The van der Waals surface area contributed by atoms with Crippen molar-refractivity contribution in [3.8, 4) is 0 Å². The topological polar surface area (TPSA) is 43.1 Å². The van der Waals surface area contributed by atoms with Crippen molar-refractivity contribution in [3.63, 3.8) is 0 Å². The highest BCUT2D eigenvalue weighted by molar-refractivity contribution is 5.80. The largest absolute Gasteiger partial charge is 0.330 e. The monoisotopic (exact) mass is 289 g/mol. The smallest absolute Gasteiger partial charge is 0.137 e. The third kappa shape index (κ3) is 6.01. The molecule has 0 amide bonds. The zero-order valence-corrected chi connectivity index (χ0v) is 14.3. The molecule has 0 aliphatic heterocycles. The fourth-order valence-electron chi connectivity index (χ4n) is 2.78. The van der Waals surface area contributed by atoms with Gasteiger partial charge >= 0.3 is 0 Å². The van der Waals surface area contributed by atoms with Gasteiger partial charge in [0.05, 0.1) is 0 Å². The molecule has 0 heterocycles. The molecule has 2 nitrogen and oxygen atoms in total. The molecule has 0 aliphatic carbocycles. The van der Waals surface area contributed by atoms with Gasteiger partial charge in [0.25, 0.3) is 0 Å². The van der Waals surface area contributed by atoms with Gasteiger partial charge in [0.1, 0.15) is 5.78 Å². The van der Waals surface area contributed by atoms with Crippen LogP contribution < -0.4 is 5.73 Å². The average Bonchev–Trinajstić information content (AvgIpc) is 2.37. The summed E-state index contributed by atoms with van der Waals surface area (Å²) in [6, 6.07) is 6.31. The summed E-state index contributed by atoms with van der Waals surface area (Å²) < 4.78 is 0. The van der Waals surface area contributed by atoms with Gasteiger partial charge in [-0.2, -0.15) is 0 Å². The van der Waals surface area contributed by atoms with Gasteiger partial charge in [0.2, 0.25) is 0 Å². The Kier molecular flexibility index (Phi) is 6.60. The molecule has 0 aliphatic rings. The molecule has 118 valence electrons. The van der Waals surface area contributed by atoms with E-state index in [2.05, 4.69) is 52.8 Å². The Labute approximate surface area is 130 Å². The SMILES string of the molecule is Cc1ccc(CC(=O)CCC(CCN)C(C)(C)C)cc1C. The first kappa shape index (κ1) is 17.9. The van der Waals surface area contributed by atoms with E-state index in [1.165, 1.54) is 11.1 Å². The Morgan fingerprint density at radius 2 is 1.81 bits per heavy atom. The van der Waals surface area contributed by atoms with Crippen LogP contribution in [0.5, 0.6) is 0 Å². The molecule has 1 aromatic rings. The number of Topliss-reactive ketones (excluding diaryl/α,β-unsaturated/α-hetero) is 1. The molecule has 0 radical (unpaired) electrons. The molecule has 0 fully saturated rings. The maximum absolute atomic E-state index is 12.2. The second kappa shape index (κ2) is 7.74. The number of carbonyl (C=O) groups excluding carboxylic acids is 1. The zero-order chi connectivity index (χ0) is 16.0. The van der Waals surface area contributed by atoms with Gasteiger partial charge in [-0.25, -0.2) is 0 Å². The van der Waals surface area contributed by atoms with E-state index in [-0.39, 0.29) is 5.41 Å². The Morgan fingerprint density at radius 3 is 2.33 bits per heavy atom. The highest BCUT2D eigenvalue weighted by atomic mass is 16.1. The summed E-state index contributed by atoms with van der Waals surface area (Å²) in [5, 5.41) is 0. The molecule has 0 bridgehead atoms. The minimum absolute atomic E-state index is 0.222. The van der Waals surface area contributed by atoms with Gasteiger partial charge < -0.3 is 5.73 Å². The highest BCUT2D eigenvalue weighted by Crippen LogP contribution is 2.32. The number of hydrogen-bond acceptors (Lipinski definition) is 2. The standard InChI is InChI=1S/C19H31NO/c1-14-6-7-16(12-15(14)2)13-18(21)9-8-17(10-11-20)19(3,4)5/h6-7,12,17H,8-11,13,20H2,1-5H3. The number of hydrogen-bond donors (Lipinski definition) is 1. The van der Waals surface area contributed by atoms with Crippen LogP contribution in [0, 0.1) is 25.2 Å². The lowest BCUT2D eigenvalue weighted by molar-refractivity contribution is -0.118. The predicted molar refractivity (Wildman–Crippen MR) is 90.5 cm³/mol. The fourth-order valence-corrected chi connectivity index (χ4v) is 2.78. The summed E-state index contributed by atoms with van der Waals surface area (Å²) in [6.45, 7) is 11.6. The van der Waals surface area contributed by atoms with E-state index in [0.29, 0.717) is 31.1 Å². The molecule has 2 heteroatoms. The van der Waals surface area contributed by atoms with Crippen LogP contribution in [-0.4, -0.2) is 12.3 Å². The van der Waals surface area contributed by atoms with Crippen molar-refractivity contribution in [1.82, 2.24) is 0 Å². The maximum atomic E-state index is 12.2. The third-order valence-corrected chi connectivity index (χ3v) is 4.48. The van der Waals surface area contributed by atoms with Crippen molar-refractivity contribution in [1.29, 1.82) is 0 Å². The van der Waals surface area contributed by atoms with Crippen LogP contribution in [0.25, 0.3) is 0 Å². The van der Waals surface area contributed by atoms with E-state index < -0.39 is 0 Å². The lowest BCUT2D eigenvalue weighted by Crippen LogP contribution is -2.24. The first-order valence-electron chi connectivity index (χ1n) is 8.02. The van der Waals surface area contributed by atoms with E-state index in [0.717, 1.165) is 18.4 Å². The molecule has 2 N–H and O–H groups in total. The fraction of sp³-hybridized carbons (Fsp3) is 0.632. The average molecular weight is 289 g/mol. The summed E-state index contributed by atoms with van der Waals surface area (Å²) in [5.74, 6) is 0.857. The van der Waals surface area contributed by atoms with Gasteiger partial charge in [0.15, 0.2) is 0 Å². The minimum atomic E-state index is 0.222. The molecule has 21 heavy (non-hydrogen) atoms. The molecule has 0 aromatic heterocycles. The molecule has 0 saturated heterocycles. The second-order valence-electron chi connectivity index (χ2n) is 7.31. The van der Waals surface area contributed by atoms with E-state index in [9.17, 15) is 4.79 Å². The van der Waals surface area contributed by atoms with Crippen LogP contribution in [0.1, 0.15) is 56.7 Å². The maximum Gasteiger partial charge on any atom is 0.137 e. The van der Waals surface area contributed by atoms with Crippen LogP contribution in [0.3, 0.4) is 0 Å². The summed E-state index contributed by atoms with van der Waals surface area (Å²) in [7, 11) is 0. The van der Waals surface area contributed by atoms with Crippen LogP contribution in [0.15, 0.2) is 18.2 Å². The molecular weight excluding hydrogens is 258 g/mol. The molecule has 1 aromatic carbocycles. The van der Waals surface area contributed by atoms with Crippen molar-refractivity contribution in [2.24, 2.45) is 17.1 Å². The minimum Gasteiger partial charge on any atom is -0.330 e. The zero-order valence-electron chi connectivity index (χ0n) is 14.3. The van der Waals surface area contributed by atoms with E-state index in [1.807, 2.05) is 0 Å². The Morgan fingerprint density at radius 1 is 1.14 bits per heavy atom. The summed E-state index contributed by atoms with van der Waals surface area (Å²) in [6.07, 6.45) is 3.17. The van der Waals surface area contributed by atoms with E-state index in [4.69, 9.17) is 5.73 Å². The lowest BCUT2D eigenvalue weighted by atomic mass is 9.76. The Bertz CT molecular complexity index is 471. The summed E-state index contributed by atoms with van der Waals surface area (Å²) >= 11 is 0. The molecule has 1 unspecified atom stereocenters. The van der Waals surface area contributed by atoms with Crippen LogP contribution >= 0.6 is 0 Å². The number of nitrogens with two attached hydrogens (primary N) is 1. The Hall–Kier alpha value is -1.15. The van der Waals surface area contributed by atoms with Crippen molar-refractivity contribution >= 4 is 5.78 Å². The van der Waals surface area contributed by atoms with Gasteiger partial charge in [-0.15, -0.1) is 0 Å². The van der Waals surface area contributed by atoms with Gasteiger partial charge in [-0.3, -0.25) is 4.79 Å². The first-order valence-corrected chi connectivity index (χ1v) is 8.02. The van der Waals surface area contributed by atoms with Gasteiger partial charge in [0, 0.05) is 12.8 Å². The lowest BCUT2D eigenvalue weighted by Gasteiger charge is -2.30. The van der Waals surface area contributed by atoms with Gasteiger partial charge in [-0.1, -0.05) is 39.0 Å². The number of rotatable bonds is 7. The molecule has 1 rings (SSSR count). The molecule has 1 atom stereocenters. The van der Waals surface area contributed by atoms with Crippen LogP contribution in [0.4, 0.5) is 0 Å². The summed E-state index contributed by atoms with van der Waals surface area (Å²) in [5.41, 5.74) is 9.60. The number of carbonyl (C=O) groups is 1. The van der Waals surface area contributed by atoms with Gasteiger partial charge in [-0.05, 0) is 61.3 Å². The second-order valence-corrected chi connectivity index (χ2v) is 7.31. The van der Waals surface area contributed by atoms with E-state index in [1.54, 1.807) is 0 Å². The van der Waals surface area contributed by atoms with Crippen molar-refractivity contribution in [2.45, 2.75) is 60.3 Å². The highest BCUT2D eigenvalue weighted by Gasteiger charge is 2.24. The number of aryl methyl sites for hydroxylation is 2. The number of ketones is 1. The predicted octanol–water partition coefficient (Wildman–Crippen LogP) is 4.21.